The highest BCUT2D eigenvalue weighted by atomic mass is 32.2. The van der Waals surface area contributed by atoms with Crippen molar-refractivity contribution in [2.75, 3.05) is 37.7 Å². The zero-order valence-corrected chi connectivity index (χ0v) is 23.2. The second-order valence-electron chi connectivity index (χ2n) is 8.91. The molecule has 1 saturated heterocycles. The maximum atomic E-state index is 13.3. The van der Waals surface area contributed by atoms with E-state index in [1.54, 1.807) is 12.1 Å². The van der Waals surface area contributed by atoms with E-state index in [-0.39, 0.29) is 11.6 Å². The summed E-state index contributed by atoms with van der Waals surface area (Å²) in [5, 5.41) is 30.0. The van der Waals surface area contributed by atoms with Gasteiger partial charge in [-0.25, -0.2) is 9.59 Å². The van der Waals surface area contributed by atoms with Crippen molar-refractivity contribution in [1.82, 2.24) is 15.2 Å². The van der Waals surface area contributed by atoms with E-state index < -0.39 is 16.9 Å². The summed E-state index contributed by atoms with van der Waals surface area (Å²) >= 11 is 1.95. The SMILES string of the molecule is Cc1nc(-c2ccccc2)cc(-c2cccc([N+](=O)[O-])c2)c1C(=O)NCCN1CCSCC1.O=C(O)/C=C/C(=O)O. The number of rotatable bonds is 9. The van der Waals surface area contributed by atoms with E-state index in [9.17, 15) is 24.5 Å². The second-order valence-corrected chi connectivity index (χ2v) is 10.1. The van der Waals surface area contributed by atoms with Crippen molar-refractivity contribution in [2.24, 2.45) is 0 Å². The Bertz CT molecular complexity index is 1410. The smallest absolute Gasteiger partial charge is 0.328 e. The molecule has 0 unspecified atom stereocenters. The summed E-state index contributed by atoms with van der Waals surface area (Å²) in [6, 6.07) is 17.9. The van der Waals surface area contributed by atoms with E-state index in [4.69, 9.17) is 15.2 Å². The number of aliphatic carboxylic acids is 2. The number of carboxylic acids is 2. The van der Waals surface area contributed by atoms with Crippen molar-refractivity contribution in [3.05, 3.63) is 94.2 Å². The number of nitro benzene ring substituents is 1. The van der Waals surface area contributed by atoms with Gasteiger partial charge in [0.15, 0.2) is 0 Å². The van der Waals surface area contributed by atoms with Crippen LogP contribution in [0.25, 0.3) is 22.4 Å². The number of carbonyl (C=O) groups excluding carboxylic acids is 1. The predicted molar refractivity (Wildman–Crippen MR) is 157 cm³/mol. The molecule has 4 rings (SSSR count). The number of benzene rings is 2. The molecule has 0 radical (unpaired) electrons. The molecule has 3 N–H and O–H groups in total. The van der Waals surface area contributed by atoms with Crippen molar-refractivity contribution in [3.8, 4) is 22.4 Å². The molecule has 1 aliphatic heterocycles. The van der Waals surface area contributed by atoms with Gasteiger partial charge in [0.25, 0.3) is 11.6 Å². The summed E-state index contributed by atoms with van der Waals surface area (Å²) in [5.41, 5.74) is 3.91. The molecule has 0 bridgehead atoms. The number of nitrogens with one attached hydrogen (secondary N) is 1. The van der Waals surface area contributed by atoms with Crippen molar-refractivity contribution < 1.29 is 29.5 Å². The highest BCUT2D eigenvalue weighted by molar-refractivity contribution is 7.99. The van der Waals surface area contributed by atoms with Crippen molar-refractivity contribution >= 4 is 35.3 Å². The Morgan fingerprint density at radius 2 is 1.63 bits per heavy atom. The molecule has 0 atom stereocenters. The Kier molecular flexibility index (Phi) is 11.6. The van der Waals surface area contributed by atoms with Crippen LogP contribution in [0.15, 0.2) is 72.8 Å². The van der Waals surface area contributed by atoms with Gasteiger partial charge in [0, 0.05) is 67.5 Å². The number of pyridine rings is 1. The van der Waals surface area contributed by atoms with Gasteiger partial charge in [-0.15, -0.1) is 0 Å². The van der Waals surface area contributed by atoms with Gasteiger partial charge in [0.1, 0.15) is 0 Å². The van der Waals surface area contributed by atoms with Gasteiger partial charge in [-0.2, -0.15) is 11.8 Å². The Hall–Kier alpha value is -4.55. The number of thioether (sulfide) groups is 1. The molecule has 214 valence electrons. The van der Waals surface area contributed by atoms with Gasteiger partial charge < -0.3 is 15.5 Å². The van der Waals surface area contributed by atoms with Gasteiger partial charge in [-0.3, -0.25) is 24.8 Å². The molecule has 11 nitrogen and oxygen atoms in total. The number of hydrogen-bond acceptors (Lipinski definition) is 8. The van der Waals surface area contributed by atoms with E-state index in [1.807, 2.05) is 55.1 Å². The summed E-state index contributed by atoms with van der Waals surface area (Å²) in [6.07, 6.45) is 1.12. The average Bonchev–Trinajstić information content (AvgIpc) is 2.97. The van der Waals surface area contributed by atoms with Crippen LogP contribution in [-0.2, 0) is 9.59 Å². The summed E-state index contributed by atoms with van der Waals surface area (Å²) in [5.74, 6) is -0.490. The van der Waals surface area contributed by atoms with Gasteiger partial charge >= 0.3 is 11.9 Å². The molecule has 1 aromatic heterocycles. The van der Waals surface area contributed by atoms with E-state index in [1.165, 1.54) is 12.1 Å². The second kappa shape index (κ2) is 15.3. The van der Waals surface area contributed by atoms with Crippen LogP contribution in [0, 0.1) is 17.0 Å². The molecule has 1 aliphatic rings. The molecule has 2 heterocycles. The van der Waals surface area contributed by atoms with Crippen LogP contribution in [0.3, 0.4) is 0 Å². The fraction of sp³-hybridized carbons (Fsp3) is 0.241. The number of nitrogens with zero attached hydrogens (tertiary/aromatic N) is 3. The molecule has 2 aromatic carbocycles. The first kappa shape index (κ1) is 31.0. The van der Waals surface area contributed by atoms with Gasteiger partial charge in [-0.1, -0.05) is 42.5 Å². The number of aromatic nitrogens is 1. The first-order valence-electron chi connectivity index (χ1n) is 12.7. The monoisotopic (exact) mass is 578 g/mol. The Morgan fingerprint density at radius 3 is 2.24 bits per heavy atom. The number of non-ortho nitro benzene ring substituents is 1. The highest BCUT2D eigenvalue weighted by Crippen LogP contribution is 2.32. The van der Waals surface area contributed by atoms with Crippen LogP contribution < -0.4 is 5.32 Å². The largest absolute Gasteiger partial charge is 0.478 e. The number of amides is 1. The standard InChI is InChI=1S/C25H26N4O3S.C4H4O4/c1-18-24(25(30)26-10-11-28-12-14-33-15-13-28)22(20-8-5-9-21(16-20)29(31)32)17-23(27-18)19-6-3-2-4-7-19;5-3(6)1-2-4(7)8/h2-9,16-17H,10-15H2,1H3,(H,26,30);1-2H,(H,5,6)(H,7,8)/b;2-1+. The first-order chi connectivity index (χ1) is 19.7. The van der Waals surface area contributed by atoms with Crippen LogP contribution >= 0.6 is 11.8 Å². The number of carbonyl (C=O) groups is 3. The van der Waals surface area contributed by atoms with Crippen LogP contribution in [0.2, 0.25) is 0 Å². The zero-order valence-electron chi connectivity index (χ0n) is 22.4. The molecular weight excluding hydrogens is 548 g/mol. The van der Waals surface area contributed by atoms with Crippen molar-refractivity contribution in [2.45, 2.75) is 6.92 Å². The highest BCUT2D eigenvalue weighted by Gasteiger charge is 2.21. The minimum atomic E-state index is -1.26. The van der Waals surface area contributed by atoms with Gasteiger partial charge in [0.2, 0.25) is 0 Å². The van der Waals surface area contributed by atoms with Crippen LogP contribution in [0.1, 0.15) is 16.1 Å². The predicted octanol–water partition coefficient (Wildman–Crippen LogP) is 4.12. The molecule has 12 heteroatoms. The quantitative estimate of drug-likeness (QED) is 0.191. The minimum absolute atomic E-state index is 0.0162. The third-order valence-electron chi connectivity index (χ3n) is 6.05. The zero-order chi connectivity index (χ0) is 29.8. The lowest BCUT2D eigenvalue weighted by atomic mass is 9.95. The molecular formula is C29H30N4O7S. The molecule has 1 amide bonds. The van der Waals surface area contributed by atoms with Crippen molar-refractivity contribution in [3.63, 3.8) is 0 Å². The van der Waals surface area contributed by atoms with E-state index >= 15 is 0 Å². The topological polar surface area (TPSA) is 163 Å². The minimum Gasteiger partial charge on any atom is -0.478 e. The Balaban J connectivity index is 0.000000507. The molecule has 1 fully saturated rings. The first-order valence-corrected chi connectivity index (χ1v) is 13.8. The lowest BCUT2D eigenvalue weighted by Crippen LogP contribution is -2.39. The average molecular weight is 579 g/mol. The molecule has 0 saturated carbocycles. The summed E-state index contributed by atoms with van der Waals surface area (Å²) in [4.78, 5) is 50.3. The maximum Gasteiger partial charge on any atom is 0.328 e. The van der Waals surface area contributed by atoms with Crippen LogP contribution in [0.5, 0.6) is 0 Å². The fourth-order valence-electron chi connectivity index (χ4n) is 4.11. The maximum absolute atomic E-state index is 13.3. The molecule has 3 aromatic rings. The Labute approximate surface area is 241 Å². The Morgan fingerprint density at radius 1 is 1.00 bits per heavy atom. The number of carboxylic acid groups (broad SMARTS) is 2. The fourth-order valence-corrected chi connectivity index (χ4v) is 5.09. The molecule has 0 spiro atoms. The van der Waals surface area contributed by atoms with E-state index in [2.05, 4.69) is 10.2 Å². The normalized spacial score (nSPS) is 13.2. The molecule has 41 heavy (non-hydrogen) atoms. The van der Waals surface area contributed by atoms with Crippen LogP contribution in [0.4, 0.5) is 5.69 Å². The molecule has 0 aliphatic carbocycles. The van der Waals surface area contributed by atoms with Crippen LogP contribution in [-0.4, -0.2) is 80.6 Å². The lowest BCUT2D eigenvalue weighted by molar-refractivity contribution is -0.384. The van der Waals surface area contributed by atoms with E-state index in [0.29, 0.717) is 41.1 Å². The van der Waals surface area contributed by atoms with Gasteiger partial charge in [0.05, 0.1) is 21.9 Å². The summed E-state index contributed by atoms with van der Waals surface area (Å²) < 4.78 is 0. The number of aryl methyl sites for hydroxylation is 1. The summed E-state index contributed by atoms with van der Waals surface area (Å²) in [7, 11) is 0. The van der Waals surface area contributed by atoms with E-state index in [0.717, 1.165) is 42.4 Å². The third-order valence-corrected chi connectivity index (χ3v) is 6.99. The van der Waals surface area contributed by atoms with Crippen molar-refractivity contribution in [1.29, 1.82) is 0 Å². The third kappa shape index (κ3) is 9.55. The number of nitro groups is 1. The number of hydrogen-bond donors (Lipinski definition) is 3. The van der Waals surface area contributed by atoms with Gasteiger partial charge in [-0.05, 0) is 24.1 Å². The summed E-state index contributed by atoms with van der Waals surface area (Å²) in [6.45, 7) is 5.21. The lowest BCUT2D eigenvalue weighted by Gasteiger charge is -2.26.